The SMILES string of the molecule is C[C@H]1O[C@@H](c2c(O)cc(O)c3c(=O)cc(-c4ccc(O)c(O)c4)oc23)C[C@H](O)[C@H]1O. The van der Waals surface area contributed by atoms with Crippen LogP contribution in [0.3, 0.4) is 0 Å². The fraction of sp³-hybridized carbons (Fsp3) is 0.286. The highest BCUT2D eigenvalue weighted by atomic mass is 16.5. The number of aromatic hydroxyl groups is 4. The van der Waals surface area contributed by atoms with E-state index in [0.717, 1.165) is 12.1 Å². The molecule has 0 radical (unpaired) electrons. The van der Waals surface area contributed by atoms with Crippen LogP contribution >= 0.6 is 0 Å². The van der Waals surface area contributed by atoms with Crippen molar-refractivity contribution in [3.63, 3.8) is 0 Å². The van der Waals surface area contributed by atoms with Crippen LogP contribution in [-0.2, 0) is 4.74 Å². The number of aliphatic hydroxyl groups is 2. The van der Waals surface area contributed by atoms with Gasteiger partial charge >= 0.3 is 0 Å². The zero-order valence-electron chi connectivity index (χ0n) is 15.8. The Bertz CT molecular complexity index is 1170. The summed E-state index contributed by atoms with van der Waals surface area (Å²) in [5.74, 6) is -1.66. The number of benzene rings is 2. The first-order chi connectivity index (χ1) is 14.2. The molecule has 9 nitrogen and oxygen atoms in total. The third-order valence-electron chi connectivity index (χ3n) is 5.29. The van der Waals surface area contributed by atoms with Crippen LogP contribution in [0.5, 0.6) is 23.0 Å². The highest BCUT2D eigenvalue weighted by Crippen LogP contribution is 2.43. The molecule has 1 fully saturated rings. The predicted octanol–water partition coefficient (Wildman–Crippen LogP) is 1.85. The van der Waals surface area contributed by atoms with E-state index < -0.39 is 47.1 Å². The standard InChI is InChI=1S/C21H20O9/c1-8-20(28)15(27)7-17(29-8)19-13(25)5-12(24)18-14(26)6-16(30-21(18)19)9-2-3-10(22)11(23)4-9/h2-6,8,15,17,20,22-25,27-28H,7H2,1H3/t8-,15+,17-,20+/m1/s1. The van der Waals surface area contributed by atoms with Gasteiger partial charge in [0.1, 0.15) is 28.7 Å². The second kappa shape index (κ2) is 7.21. The topological polar surface area (TPSA) is 161 Å². The van der Waals surface area contributed by atoms with Gasteiger partial charge in [-0.15, -0.1) is 0 Å². The number of rotatable bonds is 2. The number of phenolic OH excluding ortho intramolecular Hbond substituents is 4. The van der Waals surface area contributed by atoms with Gasteiger partial charge in [-0.25, -0.2) is 0 Å². The van der Waals surface area contributed by atoms with Crippen molar-refractivity contribution in [3.8, 4) is 34.3 Å². The smallest absolute Gasteiger partial charge is 0.197 e. The van der Waals surface area contributed by atoms with Crippen molar-refractivity contribution in [2.45, 2.75) is 37.8 Å². The quantitative estimate of drug-likeness (QED) is 0.343. The molecular formula is C21H20O9. The molecule has 6 N–H and O–H groups in total. The number of fused-ring (bicyclic) bond motifs is 1. The molecule has 2 aromatic carbocycles. The van der Waals surface area contributed by atoms with E-state index in [4.69, 9.17) is 9.15 Å². The molecule has 0 unspecified atom stereocenters. The zero-order chi connectivity index (χ0) is 21.7. The van der Waals surface area contributed by atoms with Gasteiger partial charge in [-0.05, 0) is 25.1 Å². The fourth-order valence-electron chi connectivity index (χ4n) is 3.70. The third-order valence-corrected chi connectivity index (χ3v) is 5.29. The molecule has 3 aromatic rings. The Kier molecular flexibility index (Phi) is 4.81. The molecule has 30 heavy (non-hydrogen) atoms. The van der Waals surface area contributed by atoms with Gasteiger partial charge in [0.05, 0.1) is 23.9 Å². The van der Waals surface area contributed by atoms with Gasteiger partial charge in [0.25, 0.3) is 0 Å². The van der Waals surface area contributed by atoms with E-state index in [9.17, 15) is 35.4 Å². The third kappa shape index (κ3) is 3.22. The van der Waals surface area contributed by atoms with E-state index in [2.05, 4.69) is 0 Å². The van der Waals surface area contributed by atoms with Crippen molar-refractivity contribution >= 4 is 11.0 Å². The largest absolute Gasteiger partial charge is 0.507 e. The number of hydrogen-bond donors (Lipinski definition) is 6. The summed E-state index contributed by atoms with van der Waals surface area (Å²) >= 11 is 0. The zero-order valence-corrected chi connectivity index (χ0v) is 15.8. The van der Waals surface area contributed by atoms with Gasteiger partial charge in [0.15, 0.2) is 22.5 Å². The highest BCUT2D eigenvalue weighted by molar-refractivity contribution is 5.89. The maximum Gasteiger partial charge on any atom is 0.197 e. The van der Waals surface area contributed by atoms with E-state index in [1.807, 2.05) is 0 Å². The summed E-state index contributed by atoms with van der Waals surface area (Å²) in [4.78, 5) is 12.7. The van der Waals surface area contributed by atoms with Gasteiger partial charge in [0, 0.05) is 24.1 Å². The molecule has 0 saturated carbocycles. The molecule has 4 rings (SSSR count). The fourth-order valence-corrected chi connectivity index (χ4v) is 3.70. The highest BCUT2D eigenvalue weighted by Gasteiger charge is 2.37. The normalized spacial score (nSPS) is 24.2. The molecule has 4 atom stereocenters. The number of ether oxygens (including phenoxy) is 1. The van der Waals surface area contributed by atoms with Crippen LogP contribution in [0.25, 0.3) is 22.3 Å². The van der Waals surface area contributed by atoms with Gasteiger partial charge in [-0.3, -0.25) is 4.79 Å². The van der Waals surface area contributed by atoms with Crippen LogP contribution in [0.2, 0.25) is 0 Å². The first kappa shape index (κ1) is 20.0. The van der Waals surface area contributed by atoms with Crippen molar-refractivity contribution in [1.29, 1.82) is 0 Å². The predicted molar refractivity (Wildman–Crippen MR) is 104 cm³/mol. The Labute approximate surface area is 169 Å². The second-order valence-electron chi connectivity index (χ2n) is 7.33. The minimum absolute atomic E-state index is 0.0125. The van der Waals surface area contributed by atoms with E-state index in [1.165, 1.54) is 18.2 Å². The maximum absolute atomic E-state index is 12.7. The summed E-state index contributed by atoms with van der Waals surface area (Å²) < 4.78 is 11.5. The monoisotopic (exact) mass is 416 g/mol. The Hall–Kier alpha value is -3.27. The van der Waals surface area contributed by atoms with Crippen LogP contribution < -0.4 is 5.43 Å². The first-order valence-corrected chi connectivity index (χ1v) is 9.24. The second-order valence-corrected chi connectivity index (χ2v) is 7.33. The Balaban J connectivity index is 1.95. The van der Waals surface area contributed by atoms with Crippen LogP contribution in [0.1, 0.15) is 25.0 Å². The Morgan fingerprint density at radius 1 is 0.933 bits per heavy atom. The number of hydrogen-bond acceptors (Lipinski definition) is 9. The van der Waals surface area contributed by atoms with E-state index in [0.29, 0.717) is 0 Å². The lowest BCUT2D eigenvalue weighted by molar-refractivity contribution is -0.163. The molecule has 0 spiro atoms. The molecule has 0 amide bonds. The minimum atomic E-state index is -1.13. The van der Waals surface area contributed by atoms with Gasteiger partial charge in [0.2, 0.25) is 0 Å². The molecule has 2 heterocycles. The average Bonchev–Trinajstić information content (AvgIpc) is 2.67. The van der Waals surface area contributed by atoms with Crippen LogP contribution in [0.15, 0.2) is 39.5 Å². The van der Waals surface area contributed by atoms with E-state index in [1.54, 1.807) is 6.92 Å². The van der Waals surface area contributed by atoms with Crippen molar-refractivity contribution in [2.75, 3.05) is 0 Å². The molecule has 158 valence electrons. The Morgan fingerprint density at radius 3 is 2.33 bits per heavy atom. The van der Waals surface area contributed by atoms with Gasteiger partial charge < -0.3 is 39.8 Å². The van der Waals surface area contributed by atoms with Crippen LogP contribution in [0.4, 0.5) is 0 Å². The lowest BCUT2D eigenvalue weighted by atomic mass is 9.92. The number of phenols is 4. The molecule has 1 aliphatic rings. The Morgan fingerprint density at radius 2 is 1.67 bits per heavy atom. The van der Waals surface area contributed by atoms with Crippen molar-refractivity contribution in [2.24, 2.45) is 0 Å². The van der Waals surface area contributed by atoms with Crippen molar-refractivity contribution in [1.82, 2.24) is 0 Å². The summed E-state index contributed by atoms with van der Waals surface area (Å²) in [5.41, 5.74) is -0.445. The maximum atomic E-state index is 12.7. The number of aliphatic hydroxyl groups excluding tert-OH is 2. The van der Waals surface area contributed by atoms with E-state index >= 15 is 0 Å². The molecule has 0 bridgehead atoms. The molecule has 1 saturated heterocycles. The molecule has 1 aromatic heterocycles. The van der Waals surface area contributed by atoms with Crippen LogP contribution in [-0.4, -0.2) is 49.0 Å². The van der Waals surface area contributed by atoms with E-state index in [-0.39, 0.29) is 40.0 Å². The summed E-state index contributed by atoms with van der Waals surface area (Å²) in [6, 6.07) is 5.94. The molecular weight excluding hydrogens is 396 g/mol. The molecule has 0 aliphatic carbocycles. The first-order valence-electron chi connectivity index (χ1n) is 9.24. The summed E-state index contributed by atoms with van der Waals surface area (Å²) in [7, 11) is 0. The lowest BCUT2D eigenvalue weighted by Gasteiger charge is -2.36. The summed E-state index contributed by atoms with van der Waals surface area (Å²) in [5, 5.41) is 59.8. The summed E-state index contributed by atoms with van der Waals surface area (Å²) in [6.45, 7) is 1.56. The molecule has 1 aliphatic heterocycles. The van der Waals surface area contributed by atoms with Crippen molar-refractivity contribution < 1.29 is 39.8 Å². The summed E-state index contributed by atoms with van der Waals surface area (Å²) in [6.07, 6.45) is -4.01. The lowest BCUT2D eigenvalue weighted by Crippen LogP contribution is -2.44. The van der Waals surface area contributed by atoms with Crippen molar-refractivity contribution in [3.05, 3.63) is 46.1 Å². The minimum Gasteiger partial charge on any atom is -0.507 e. The van der Waals surface area contributed by atoms with Crippen LogP contribution in [0, 0.1) is 0 Å². The molecule has 9 heteroatoms. The van der Waals surface area contributed by atoms with Gasteiger partial charge in [-0.1, -0.05) is 0 Å². The average molecular weight is 416 g/mol. The van der Waals surface area contributed by atoms with Gasteiger partial charge in [-0.2, -0.15) is 0 Å².